The average Bonchev–Trinajstić information content (AvgIpc) is 2.63. The van der Waals surface area contributed by atoms with Crippen LogP contribution >= 0.6 is 0 Å². The van der Waals surface area contributed by atoms with Gasteiger partial charge in [-0.1, -0.05) is 0 Å². The summed E-state index contributed by atoms with van der Waals surface area (Å²) in [5.41, 5.74) is 0.0636. The van der Waals surface area contributed by atoms with E-state index in [4.69, 9.17) is 14.3 Å². The fraction of sp³-hybridized carbons (Fsp3) is 0.333. The summed E-state index contributed by atoms with van der Waals surface area (Å²) >= 11 is 0. The van der Waals surface area contributed by atoms with E-state index in [1.54, 1.807) is 26.0 Å². The normalized spacial score (nSPS) is 11.3. The van der Waals surface area contributed by atoms with Gasteiger partial charge in [0.05, 0.1) is 18.6 Å². The summed E-state index contributed by atoms with van der Waals surface area (Å²) in [7, 11) is 0. The lowest BCUT2D eigenvalue weighted by atomic mass is 10.1. The summed E-state index contributed by atoms with van der Waals surface area (Å²) in [6, 6.07) is 3.39. The number of rotatable bonds is 5. The number of carboxylic acids is 1. The Bertz CT molecular complexity index is 442. The summed E-state index contributed by atoms with van der Waals surface area (Å²) in [6.07, 6.45) is 0.998. The van der Waals surface area contributed by atoms with Crippen LogP contribution in [0.5, 0.6) is 0 Å². The van der Waals surface area contributed by atoms with Crippen molar-refractivity contribution in [3.05, 3.63) is 29.2 Å². The summed E-state index contributed by atoms with van der Waals surface area (Å²) in [5.74, 6) is -0.599. The van der Waals surface area contributed by atoms with Crippen molar-refractivity contribution in [1.29, 1.82) is 0 Å². The van der Waals surface area contributed by atoms with Gasteiger partial charge < -0.3 is 14.3 Å². The van der Waals surface area contributed by atoms with Crippen molar-refractivity contribution < 1.29 is 23.8 Å². The molecule has 0 aliphatic carbocycles. The smallest absolute Gasteiger partial charge is 0.334 e. The van der Waals surface area contributed by atoms with E-state index in [0.717, 1.165) is 0 Å². The Morgan fingerprint density at radius 3 is 2.65 bits per heavy atom. The van der Waals surface area contributed by atoms with Crippen molar-refractivity contribution in [2.75, 3.05) is 6.61 Å². The predicted octanol–water partition coefficient (Wildman–Crippen LogP) is 2.01. The Morgan fingerprint density at radius 2 is 2.18 bits per heavy atom. The Morgan fingerprint density at radius 1 is 1.47 bits per heavy atom. The molecule has 1 heterocycles. The van der Waals surface area contributed by atoms with E-state index in [9.17, 15) is 9.59 Å². The van der Waals surface area contributed by atoms with Gasteiger partial charge in [0.2, 0.25) is 0 Å². The fourth-order valence-corrected chi connectivity index (χ4v) is 1.27. The molecule has 0 amide bonds. The number of carbonyl (C=O) groups is 2. The zero-order valence-corrected chi connectivity index (χ0v) is 9.73. The van der Waals surface area contributed by atoms with Gasteiger partial charge in [-0.15, -0.1) is 0 Å². The first-order chi connectivity index (χ1) is 8.02. The van der Waals surface area contributed by atoms with Crippen molar-refractivity contribution in [3.63, 3.8) is 0 Å². The quantitative estimate of drug-likeness (QED) is 0.627. The molecule has 0 radical (unpaired) electrons. The molecular formula is C12H14O5. The highest BCUT2D eigenvalue weighted by atomic mass is 16.5. The van der Waals surface area contributed by atoms with Gasteiger partial charge in [0.15, 0.2) is 0 Å². The zero-order valence-electron chi connectivity index (χ0n) is 9.73. The van der Waals surface area contributed by atoms with Crippen LogP contribution in [0.25, 0.3) is 6.08 Å². The number of esters is 1. The third-order valence-corrected chi connectivity index (χ3v) is 1.96. The van der Waals surface area contributed by atoms with Crippen LogP contribution in [0.1, 0.15) is 24.9 Å². The molecule has 1 rings (SSSR count). The molecule has 0 bridgehead atoms. The number of carboxylic acid groups (broad SMARTS) is 1. The summed E-state index contributed by atoms with van der Waals surface area (Å²) < 4.78 is 10.0. The number of aryl methyl sites for hydroxylation is 1. The van der Waals surface area contributed by atoms with Gasteiger partial charge in [0, 0.05) is 0 Å². The molecule has 5 nitrogen and oxygen atoms in total. The zero-order chi connectivity index (χ0) is 12.8. The first-order valence-electron chi connectivity index (χ1n) is 5.19. The van der Waals surface area contributed by atoms with Gasteiger partial charge in [-0.25, -0.2) is 4.79 Å². The second kappa shape index (κ2) is 5.89. The highest BCUT2D eigenvalue weighted by Crippen LogP contribution is 2.14. The van der Waals surface area contributed by atoms with Crippen LogP contribution < -0.4 is 0 Å². The highest BCUT2D eigenvalue weighted by Gasteiger charge is 2.15. The first-order valence-corrected chi connectivity index (χ1v) is 5.19. The molecule has 0 spiro atoms. The lowest BCUT2D eigenvalue weighted by Gasteiger charge is -2.03. The topological polar surface area (TPSA) is 76.7 Å². The summed E-state index contributed by atoms with van der Waals surface area (Å²) in [4.78, 5) is 22.1. The minimum atomic E-state index is -1.09. The minimum absolute atomic E-state index is 0.0636. The molecule has 17 heavy (non-hydrogen) atoms. The molecule has 0 unspecified atom stereocenters. The first kappa shape index (κ1) is 13.0. The Kier molecular flexibility index (Phi) is 4.51. The Balaban J connectivity index is 2.92. The number of carbonyl (C=O) groups excluding carboxylic acids is 1. The van der Waals surface area contributed by atoms with Gasteiger partial charge in [-0.05, 0) is 32.1 Å². The molecular weight excluding hydrogens is 224 g/mol. The molecule has 0 atom stereocenters. The Labute approximate surface area is 98.7 Å². The molecule has 0 aliphatic rings. The van der Waals surface area contributed by atoms with E-state index in [2.05, 4.69) is 0 Å². The lowest BCUT2D eigenvalue weighted by molar-refractivity contribution is -0.142. The number of ether oxygens (including phenoxy) is 1. The number of furan rings is 1. The molecule has 0 saturated heterocycles. The monoisotopic (exact) mass is 238 g/mol. The predicted molar refractivity (Wildman–Crippen MR) is 60.3 cm³/mol. The van der Waals surface area contributed by atoms with Gasteiger partial charge in [0.25, 0.3) is 0 Å². The van der Waals surface area contributed by atoms with E-state index in [1.165, 1.54) is 6.08 Å². The average molecular weight is 238 g/mol. The van der Waals surface area contributed by atoms with Crippen molar-refractivity contribution in [2.45, 2.75) is 20.3 Å². The van der Waals surface area contributed by atoms with Crippen molar-refractivity contribution in [1.82, 2.24) is 0 Å². The van der Waals surface area contributed by atoms with Gasteiger partial charge >= 0.3 is 11.9 Å². The van der Waals surface area contributed by atoms with Crippen molar-refractivity contribution >= 4 is 18.0 Å². The van der Waals surface area contributed by atoms with Crippen LogP contribution in [0.15, 0.2) is 22.1 Å². The largest absolute Gasteiger partial charge is 0.481 e. The number of aliphatic carboxylic acids is 1. The molecule has 1 aromatic rings. The molecule has 92 valence electrons. The van der Waals surface area contributed by atoms with Crippen LogP contribution in [0, 0.1) is 6.92 Å². The van der Waals surface area contributed by atoms with E-state index in [1.807, 2.05) is 0 Å². The molecule has 0 saturated carbocycles. The third kappa shape index (κ3) is 4.14. The summed E-state index contributed by atoms with van der Waals surface area (Å²) in [5, 5.41) is 8.71. The van der Waals surface area contributed by atoms with Crippen LogP contribution in [0.4, 0.5) is 0 Å². The standard InChI is InChI=1S/C12H14O5/c1-3-16-12(15)9(7-11(13)14)6-10-5-4-8(2)17-10/h4-6H,3,7H2,1-2H3,(H,13,14)/b9-6-. The highest BCUT2D eigenvalue weighted by molar-refractivity contribution is 5.97. The second-order valence-electron chi connectivity index (χ2n) is 3.41. The molecule has 0 fully saturated rings. The van der Waals surface area contributed by atoms with E-state index < -0.39 is 18.4 Å². The minimum Gasteiger partial charge on any atom is -0.481 e. The van der Waals surface area contributed by atoms with Crippen LogP contribution in [-0.2, 0) is 14.3 Å². The molecule has 1 N–H and O–H groups in total. The van der Waals surface area contributed by atoms with Crippen molar-refractivity contribution in [3.8, 4) is 0 Å². The molecule has 0 aromatic carbocycles. The SMILES string of the molecule is CCOC(=O)/C(=C\c1ccc(C)o1)CC(=O)O. The second-order valence-corrected chi connectivity index (χ2v) is 3.41. The summed E-state index contributed by atoms with van der Waals surface area (Å²) in [6.45, 7) is 3.62. The fourth-order valence-electron chi connectivity index (χ4n) is 1.27. The molecule has 5 heteroatoms. The maximum atomic E-state index is 11.5. The van der Waals surface area contributed by atoms with Crippen molar-refractivity contribution in [2.24, 2.45) is 0 Å². The number of hydrogen-bond donors (Lipinski definition) is 1. The van der Waals surface area contributed by atoms with Gasteiger partial charge in [-0.2, -0.15) is 0 Å². The third-order valence-electron chi connectivity index (χ3n) is 1.96. The van der Waals surface area contributed by atoms with Gasteiger partial charge in [-0.3, -0.25) is 4.79 Å². The maximum absolute atomic E-state index is 11.5. The maximum Gasteiger partial charge on any atom is 0.334 e. The van der Waals surface area contributed by atoms with E-state index in [0.29, 0.717) is 11.5 Å². The van der Waals surface area contributed by atoms with Crippen LogP contribution in [0.2, 0.25) is 0 Å². The lowest BCUT2D eigenvalue weighted by Crippen LogP contribution is -2.11. The van der Waals surface area contributed by atoms with E-state index in [-0.39, 0.29) is 12.2 Å². The molecule has 1 aromatic heterocycles. The van der Waals surface area contributed by atoms with Crippen LogP contribution in [-0.4, -0.2) is 23.7 Å². The number of hydrogen-bond acceptors (Lipinski definition) is 4. The molecule has 0 aliphatic heterocycles. The van der Waals surface area contributed by atoms with Gasteiger partial charge in [0.1, 0.15) is 11.5 Å². The Hall–Kier alpha value is -2.04. The van der Waals surface area contributed by atoms with Crippen LogP contribution in [0.3, 0.4) is 0 Å². The van der Waals surface area contributed by atoms with E-state index >= 15 is 0 Å².